The molecule has 0 saturated heterocycles. The maximum absolute atomic E-state index is 13.8. The van der Waals surface area contributed by atoms with Crippen molar-refractivity contribution < 1.29 is 23.8 Å². The van der Waals surface area contributed by atoms with Crippen molar-refractivity contribution in [1.29, 1.82) is 0 Å². The first-order chi connectivity index (χ1) is 17.3. The van der Waals surface area contributed by atoms with Gasteiger partial charge in [0.25, 0.3) is 5.91 Å². The lowest BCUT2D eigenvalue weighted by atomic mass is 9.95. The number of Topliss-reactive ketones (excluding diaryl/α,β-unsaturated/α-hetero) is 1. The molecule has 1 atom stereocenters. The fraction of sp³-hybridized carbons (Fsp3) is 0.115. The Labute approximate surface area is 220 Å². The molecule has 0 aliphatic carbocycles. The summed E-state index contributed by atoms with van der Waals surface area (Å²) in [5.74, 6) is -1.83. The Balaban J connectivity index is 1.63. The van der Waals surface area contributed by atoms with E-state index < -0.39 is 23.5 Å². The lowest BCUT2D eigenvalue weighted by Crippen LogP contribution is -2.31. The Morgan fingerprint density at radius 1 is 1.11 bits per heavy atom. The van der Waals surface area contributed by atoms with Crippen LogP contribution in [0.3, 0.4) is 0 Å². The van der Waals surface area contributed by atoms with Crippen LogP contribution in [-0.2, 0) is 11.3 Å². The molecule has 36 heavy (non-hydrogen) atoms. The lowest BCUT2D eigenvalue weighted by Gasteiger charge is -2.26. The number of carbonyl (C=O) groups excluding carboxylic acids is 2. The number of hydrogen-bond acceptors (Lipinski definition) is 6. The van der Waals surface area contributed by atoms with E-state index in [0.29, 0.717) is 38.0 Å². The van der Waals surface area contributed by atoms with Gasteiger partial charge in [-0.1, -0.05) is 46.9 Å². The Kier molecular flexibility index (Phi) is 6.38. The van der Waals surface area contributed by atoms with Gasteiger partial charge in [-0.05, 0) is 42.0 Å². The maximum Gasteiger partial charge on any atom is 0.290 e. The highest BCUT2D eigenvalue weighted by Gasteiger charge is 2.45. The first-order valence-corrected chi connectivity index (χ1v) is 11.8. The fourth-order valence-electron chi connectivity index (χ4n) is 4.23. The van der Waals surface area contributed by atoms with E-state index in [0.717, 1.165) is 0 Å². The molecule has 0 bridgehead atoms. The number of carbonyl (C=O) groups is 2. The Bertz CT molecular complexity index is 1550. The molecule has 1 aliphatic rings. The molecule has 4 aromatic rings. The van der Waals surface area contributed by atoms with Gasteiger partial charge in [-0.15, -0.1) is 0 Å². The molecule has 7 nitrogen and oxygen atoms in total. The van der Waals surface area contributed by atoms with Gasteiger partial charge in [-0.2, -0.15) is 0 Å². The van der Waals surface area contributed by atoms with Gasteiger partial charge in [0.05, 0.1) is 41.0 Å². The molecular weight excluding hydrogens is 527 g/mol. The summed E-state index contributed by atoms with van der Waals surface area (Å²) in [5.41, 5.74) is 1.21. The molecule has 1 unspecified atom stereocenters. The van der Waals surface area contributed by atoms with E-state index in [4.69, 9.17) is 44.0 Å². The number of halogens is 3. The summed E-state index contributed by atoms with van der Waals surface area (Å²) in [4.78, 5) is 32.6. The molecule has 2 aromatic carbocycles. The number of hydrogen-bond donors (Lipinski definition) is 1. The monoisotopic (exact) mass is 542 g/mol. The SMILES string of the molecule is COc1cc(Cl)cc2cc(C(=O)C3=C(O)C(=O)N(Cc4ccccn4)C3c3ccc(Cl)c(Cl)c3)oc12. The van der Waals surface area contributed by atoms with E-state index >= 15 is 0 Å². The number of aromatic nitrogens is 1. The lowest BCUT2D eigenvalue weighted by molar-refractivity contribution is -0.130. The topological polar surface area (TPSA) is 92.9 Å². The number of ketones is 1. The second-order valence-corrected chi connectivity index (χ2v) is 9.31. The van der Waals surface area contributed by atoms with Crippen LogP contribution in [0.15, 0.2) is 76.5 Å². The van der Waals surface area contributed by atoms with Gasteiger partial charge in [0.2, 0.25) is 5.78 Å². The van der Waals surface area contributed by atoms with Gasteiger partial charge in [-0.3, -0.25) is 14.6 Å². The largest absolute Gasteiger partial charge is 0.503 e. The van der Waals surface area contributed by atoms with Gasteiger partial charge >= 0.3 is 0 Å². The summed E-state index contributed by atoms with van der Waals surface area (Å²) in [5, 5.41) is 12.4. The van der Waals surface area contributed by atoms with E-state index in [1.54, 1.807) is 54.7 Å². The number of rotatable bonds is 6. The van der Waals surface area contributed by atoms with Gasteiger partial charge in [0.15, 0.2) is 22.9 Å². The number of amides is 1. The number of benzene rings is 2. The van der Waals surface area contributed by atoms with Crippen LogP contribution < -0.4 is 4.74 Å². The first kappa shape index (κ1) is 24.2. The van der Waals surface area contributed by atoms with Crippen molar-refractivity contribution in [2.45, 2.75) is 12.6 Å². The number of nitrogens with zero attached hydrogens (tertiary/aromatic N) is 2. The molecule has 0 fully saturated rings. The third-order valence-electron chi connectivity index (χ3n) is 5.86. The van der Waals surface area contributed by atoms with Crippen molar-refractivity contribution >= 4 is 57.5 Å². The highest BCUT2D eigenvalue weighted by molar-refractivity contribution is 6.42. The van der Waals surface area contributed by atoms with Gasteiger partial charge < -0.3 is 19.2 Å². The number of ether oxygens (including phenoxy) is 1. The van der Waals surface area contributed by atoms with E-state index in [1.165, 1.54) is 18.1 Å². The standard InChI is InChI=1S/C26H17Cl3N2O5/c1-35-20-11-15(27)8-14-10-19(36-25(14)20)23(32)21-22(13-5-6-17(28)18(29)9-13)31(26(34)24(21)33)12-16-4-2-3-7-30-16/h2-11,22,33H,12H2,1H3. The molecule has 1 aliphatic heterocycles. The number of aliphatic hydroxyl groups is 1. The van der Waals surface area contributed by atoms with Gasteiger partial charge in [0.1, 0.15) is 0 Å². The third-order valence-corrected chi connectivity index (χ3v) is 6.81. The predicted octanol–water partition coefficient (Wildman–Crippen LogP) is 6.58. The van der Waals surface area contributed by atoms with Crippen molar-refractivity contribution in [3.8, 4) is 5.75 Å². The highest BCUT2D eigenvalue weighted by Crippen LogP contribution is 2.42. The smallest absolute Gasteiger partial charge is 0.290 e. The average molecular weight is 544 g/mol. The minimum absolute atomic E-state index is 0.0367. The summed E-state index contributed by atoms with van der Waals surface area (Å²) in [6.07, 6.45) is 1.59. The summed E-state index contributed by atoms with van der Waals surface area (Å²) in [6.45, 7) is 0.0367. The van der Waals surface area contributed by atoms with Crippen LogP contribution in [0.5, 0.6) is 5.75 Å². The molecule has 5 rings (SSSR count). The van der Waals surface area contributed by atoms with E-state index in [-0.39, 0.29) is 22.9 Å². The highest BCUT2D eigenvalue weighted by atomic mass is 35.5. The molecular formula is C26H17Cl3N2O5. The molecule has 0 radical (unpaired) electrons. The van der Waals surface area contributed by atoms with Crippen LogP contribution in [0.25, 0.3) is 11.0 Å². The predicted molar refractivity (Wildman–Crippen MR) is 136 cm³/mol. The molecule has 10 heteroatoms. The molecule has 2 aromatic heterocycles. The van der Waals surface area contributed by atoms with Crippen molar-refractivity contribution in [3.05, 3.63) is 104 Å². The summed E-state index contributed by atoms with van der Waals surface area (Å²) in [6, 6.07) is 13.7. The van der Waals surface area contributed by atoms with Crippen molar-refractivity contribution in [1.82, 2.24) is 9.88 Å². The van der Waals surface area contributed by atoms with Crippen LogP contribution >= 0.6 is 34.8 Å². The number of pyridine rings is 1. The van der Waals surface area contributed by atoms with Crippen LogP contribution in [0.1, 0.15) is 27.9 Å². The summed E-state index contributed by atoms with van der Waals surface area (Å²) >= 11 is 18.5. The summed E-state index contributed by atoms with van der Waals surface area (Å²) < 4.78 is 11.1. The van der Waals surface area contributed by atoms with Crippen molar-refractivity contribution in [2.75, 3.05) is 7.11 Å². The zero-order valence-electron chi connectivity index (χ0n) is 18.7. The third kappa shape index (κ3) is 4.19. The van der Waals surface area contributed by atoms with E-state index in [2.05, 4.69) is 4.98 Å². The van der Waals surface area contributed by atoms with E-state index in [9.17, 15) is 14.7 Å². The van der Waals surface area contributed by atoms with E-state index in [1.807, 2.05) is 0 Å². The van der Waals surface area contributed by atoms with Crippen LogP contribution in [0.4, 0.5) is 0 Å². The average Bonchev–Trinajstić information content (AvgIpc) is 3.40. The van der Waals surface area contributed by atoms with Crippen LogP contribution in [-0.4, -0.2) is 33.8 Å². The van der Waals surface area contributed by atoms with Gasteiger partial charge in [-0.25, -0.2) is 0 Å². The Morgan fingerprint density at radius 2 is 1.92 bits per heavy atom. The Hall–Kier alpha value is -3.52. The fourth-order valence-corrected chi connectivity index (χ4v) is 4.75. The minimum Gasteiger partial charge on any atom is -0.503 e. The normalized spacial score (nSPS) is 15.7. The molecule has 3 heterocycles. The maximum atomic E-state index is 13.8. The Morgan fingerprint density at radius 3 is 2.61 bits per heavy atom. The molecule has 182 valence electrons. The van der Waals surface area contributed by atoms with Gasteiger partial charge in [0, 0.05) is 22.7 Å². The molecule has 0 saturated carbocycles. The number of aliphatic hydroxyl groups excluding tert-OH is 1. The number of furan rings is 1. The second-order valence-electron chi connectivity index (χ2n) is 8.06. The zero-order chi connectivity index (χ0) is 25.6. The number of methoxy groups -OCH3 is 1. The number of fused-ring (bicyclic) bond motifs is 1. The molecule has 1 amide bonds. The second kappa shape index (κ2) is 9.50. The minimum atomic E-state index is -0.972. The first-order valence-electron chi connectivity index (χ1n) is 10.7. The molecule has 1 N–H and O–H groups in total. The van der Waals surface area contributed by atoms with Crippen molar-refractivity contribution in [3.63, 3.8) is 0 Å². The zero-order valence-corrected chi connectivity index (χ0v) is 20.9. The van der Waals surface area contributed by atoms with Crippen LogP contribution in [0.2, 0.25) is 15.1 Å². The summed E-state index contributed by atoms with van der Waals surface area (Å²) in [7, 11) is 1.45. The molecule has 0 spiro atoms. The quantitative estimate of drug-likeness (QED) is 0.276. The van der Waals surface area contributed by atoms with Crippen molar-refractivity contribution in [2.24, 2.45) is 0 Å². The van der Waals surface area contributed by atoms with Crippen LogP contribution in [0, 0.1) is 0 Å².